The lowest BCUT2D eigenvalue weighted by Gasteiger charge is -2.18. The monoisotopic (exact) mass is 307 g/mol. The molecule has 7 nitrogen and oxygen atoms in total. The number of aromatic nitrogens is 1. The molecule has 1 N–H and O–H groups in total. The Morgan fingerprint density at radius 2 is 1.95 bits per heavy atom. The highest BCUT2D eigenvalue weighted by Gasteiger charge is 2.22. The summed E-state index contributed by atoms with van der Waals surface area (Å²) in [6.45, 7) is 3.74. The minimum Gasteiger partial charge on any atom is -0.493 e. The van der Waals surface area contributed by atoms with Crippen molar-refractivity contribution >= 4 is 5.97 Å². The van der Waals surface area contributed by atoms with Crippen molar-refractivity contribution in [2.24, 2.45) is 0 Å². The van der Waals surface area contributed by atoms with E-state index in [0.717, 1.165) is 0 Å². The third-order valence-electron chi connectivity index (χ3n) is 2.85. The van der Waals surface area contributed by atoms with Crippen LogP contribution in [-0.2, 0) is 0 Å². The van der Waals surface area contributed by atoms with Crippen molar-refractivity contribution < 1.29 is 28.6 Å². The van der Waals surface area contributed by atoms with Crippen molar-refractivity contribution in [1.82, 2.24) is 5.16 Å². The molecule has 1 aromatic carbocycles. The van der Waals surface area contributed by atoms with Crippen LogP contribution in [0.15, 0.2) is 22.7 Å². The Kier molecular flexibility index (Phi) is 4.55. The first-order valence-corrected chi connectivity index (χ1v) is 6.60. The van der Waals surface area contributed by atoms with Crippen molar-refractivity contribution in [3.63, 3.8) is 0 Å². The Bertz CT molecular complexity index is 677. The number of hydrogen-bond acceptors (Lipinski definition) is 6. The summed E-state index contributed by atoms with van der Waals surface area (Å²) in [5, 5.41) is 12.7. The standard InChI is InChI=1S/C15H17NO6/c1-8(2)21-13-9(5-6-11(19-3)14(13)20-4)10-7-12(15(17)18)22-16-10/h5-8H,1-4H3,(H,17,18). The quantitative estimate of drug-likeness (QED) is 0.877. The van der Waals surface area contributed by atoms with Gasteiger partial charge in [-0.2, -0.15) is 0 Å². The van der Waals surface area contributed by atoms with E-state index in [9.17, 15) is 4.79 Å². The van der Waals surface area contributed by atoms with Crippen molar-refractivity contribution in [2.75, 3.05) is 14.2 Å². The molecule has 0 saturated heterocycles. The Labute approximate surface area is 127 Å². The largest absolute Gasteiger partial charge is 0.493 e. The van der Waals surface area contributed by atoms with Gasteiger partial charge in [0.1, 0.15) is 5.69 Å². The van der Waals surface area contributed by atoms with Crippen molar-refractivity contribution in [2.45, 2.75) is 20.0 Å². The number of carboxylic acid groups (broad SMARTS) is 1. The number of methoxy groups -OCH3 is 2. The first-order valence-electron chi connectivity index (χ1n) is 6.60. The molecular weight excluding hydrogens is 290 g/mol. The van der Waals surface area contributed by atoms with E-state index in [1.165, 1.54) is 20.3 Å². The molecule has 0 aliphatic carbocycles. The molecule has 2 aromatic rings. The van der Waals surface area contributed by atoms with Crippen LogP contribution in [0.1, 0.15) is 24.4 Å². The lowest BCUT2D eigenvalue weighted by atomic mass is 10.1. The van der Waals surface area contributed by atoms with Crippen LogP contribution >= 0.6 is 0 Å². The van der Waals surface area contributed by atoms with Crippen LogP contribution in [0, 0.1) is 0 Å². The fraction of sp³-hybridized carbons (Fsp3) is 0.333. The van der Waals surface area contributed by atoms with Gasteiger partial charge in [-0.25, -0.2) is 4.79 Å². The molecule has 2 rings (SSSR count). The number of benzene rings is 1. The minimum atomic E-state index is -1.19. The van der Waals surface area contributed by atoms with Crippen molar-refractivity contribution in [1.29, 1.82) is 0 Å². The summed E-state index contributed by atoms with van der Waals surface area (Å²) in [6.07, 6.45) is -0.120. The van der Waals surface area contributed by atoms with E-state index in [4.69, 9.17) is 23.8 Å². The molecule has 0 spiro atoms. The van der Waals surface area contributed by atoms with E-state index in [0.29, 0.717) is 28.5 Å². The van der Waals surface area contributed by atoms with Crippen LogP contribution in [0.25, 0.3) is 11.3 Å². The van der Waals surface area contributed by atoms with Gasteiger partial charge >= 0.3 is 5.97 Å². The molecule has 0 unspecified atom stereocenters. The molecular formula is C15H17NO6. The molecule has 22 heavy (non-hydrogen) atoms. The third kappa shape index (κ3) is 2.98. The zero-order valence-electron chi connectivity index (χ0n) is 12.7. The van der Waals surface area contributed by atoms with Gasteiger partial charge in [-0.15, -0.1) is 0 Å². The fourth-order valence-corrected chi connectivity index (χ4v) is 1.96. The summed E-state index contributed by atoms with van der Waals surface area (Å²) in [7, 11) is 3.02. The number of hydrogen-bond donors (Lipinski definition) is 1. The molecule has 0 amide bonds. The molecule has 0 atom stereocenters. The molecule has 0 fully saturated rings. The normalized spacial score (nSPS) is 10.6. The maximum atomic E-state index is 10.9. The average Bonchev–Trinajstić information content (AvgIpc) is 2.95. The topological polar surface area (TPSA) is 91.0 Å². The predicted molar refractivity (Wildman–Crippen MR) is 77.8 cm³/mol. The smallest absolute Gasteiger partial charge is 0.374 e. The maximum absolute atomic E-state index is 10.9. The molecule has 0 aliphatic heterocycles. The zero-order chi connectivity index (χ0) is 16.3. The summed E-state index contributed by atoms with van der Waals surface area (Å²) >= 11 is 0. The summed E-state index contributed by atoms with van der Waals surface area (Å²) in [5.74, 6) is -0.106. The molecule has 0 bridgehead atoms. The molecule has 0 saturated carbocycles. The lowest BCUT2D eigenvalue weighted by molar-refractivity contribution is 0.0652. The van der Waals surface area contributed by atoms with Gasteiger partial charge in [0.25, 0.3) is 0 Å². The number of ether oxygens (including phenoxy) is 3. The second-order valence-corrected chi connectivity index (χ2v) is 4.73. The highest BCUT2D eigenvalue weighted by Crippen LogP contribution is 2.44. The van der Waals surface area contributed by atoms with Crippen LogP contribution in [0.3, 0.4) is 0 Å². The molecule has 0 aliphatic rings. The highest BCUT2D eigenvalue weighted by atomic mass is 16.5. The molecule has 1 aromatic heterocycles. The number of carboxylic acids is 1. The maximum Gasteiger partial charge on any atom is 0.374 e. The van der Waals surface area contributed by atoms with Crippen LogP contribution in [0.2, 0.25) is 0 Å². The van der Waals surface area contributed by atoms with Crippen molar-refractivity contribution in [3.05, 3.63) is 24.0 Å². The summed E-state index contributed by atoms with van der Waals surface area (Å²) in [4.78, 5) is 10.9. The number of rotatable bonds is 6. The number of nitrogens with zero attached hydrogens (tertiary/aromatic N) is 1. The van der Waals surface area contributed by atoms with Gasteiger partial charge in [-0.05, 0) is 26.0 Å². The SMILES string of the molecule is COc1ccc(-c2cc(C(=O)O)on2)c(OC(C)C)c1OC. The lowest BCUT2D eigenvalue weighted by Crippen LogP contribution is -2.08. The van der Waals surface area contributed by atoms with E-state index in [1.807, 2.05) is 13.8 Å². The summed E-state index contributed by atoms with van der Waals surface area (Å²) in [5.41, 5.74) is 0.900. The molecule has 118 valence electrons. The second kappa shape index (κ2) is 6.38. The highest BCUT2D eigenvalue weighted by molar-refractivity contribution is 5.86. The third-order valence-corrected chi connectivity index (χ3v) is 2.85. The molecule has 0 radical (unpaired) electrons. The predicted octanol–water partition coefficient (Wildman–Crippen LogP) is 2.84. The number of carbonyl (C=O) groups is 1. The first kappa shape index (κ1) is 15.7. The molecule has 1 heterocycles. The van der Waals surface area contributed by atoms with Gasteiger partial charge in [0.05, 0.1) is 20.3 Å². The Hall–Kier alpha value is -2.70. The second-order valence-electron chi connectivity index (χ2n) is 4.73. The van der Waals surface area contributed by atoms with Crippen LogP contribution in [-0.4, -0.2) is 36.6 Å². The van der Waals surface area contributed by atoms with Crippen LogP contribution < -0.4 is 14.2 Å². The Morgan fingerprint density at radius 3 is 2.45 bits per heavy atom. The van der Waals surface area contributed by atoms with Gasteiger partial charge in [-0.1, -0.05) is 5.16 Å². The van der Waals surface area contributed by atoms with E-state index in [1.54, 1.807) is 12.1 Å². The minimum absolute atomic E-state index is 0.120. The van der Waals surface area contributed by atoms with E-state index >= 15 is 0 Å². The Balaban J connectivity index is 2.60. The van der Waals surface area contributed by atoms with Gasteiger partial charge in [-0.3, -0.25) is 0 Å². The zero-order valence-corrected chi connectivity index (χ0v) is 12.7. The van der Waals surface area contributed by atoms with E-state index in [2.05, 4.69) is 5.16 Å². The first-order chi connectivity index (χ1) is 10.5. The van der Waals surface area contributed by atoms with Gasteiger partial charge < -0.3 is 23.8 Å². The molecule has 7 heteroatoms. The Morgan fingerprint density at radius 1 is 1.23 bits per heavy atom. The fourth-order valence-electron chi connectivity index (χ4n) is 1.96. The van der Waals surface area contributed by atoms with Gasteiger partial charge in [0.15, 0.2) is 11.5 Å². The van der Waals surface area contributed by atoms with Gasteiger partial charge in [0.2, 0.25) is 11.5 Å². The van der Waals surface area contributed by atoms with Crippen LogP contribution in [0.5, 0.6) is 17.2 Å². The van der Waals surface area contributed by atoms with E-state index in [-0.39, 0.29) is 11.9 Å². The summed E-state index contributed by atoms with van der Waals surface area (Å²) < 4.78 is 21.2. The summed E-state index contributed by atoms with van der Waals surface area (Å²) in [6, 6.07) is 4.73. The van der Waals surface area contributed by atoms with Crippen LogP contribution in [0.4, 0.5) is 0 Å². The number of aromatic carboxylic acids is 1. The van der Waals surface area contributed by atoms with Gasteiger partial charge in [0, 0.05) is 11.6 Å². The van der Waals surface area contributed by atoms with E-state index < -0.39 is 5.97 Å². The van der Waals surface area contributed by atoms with Crippen molar-refractivity contribution in [3.8, 4) is 28.5 Å². The average molecular weight is 307 g/mol.